The Bertz CT molecular complexity index is 567. The van der Waals surface area contributed by atoms with Crippen LogP contribution in [0.1, 0.15) is 12.6 Å². The highest BCUT2D eigenvalue weighted by atomic mass is 16.5. The number of carbonyl (C=O) groups excluding carboxylic acids is 1. The zero-order valence-electron chi connectivity index (χ0n) is 10.6. The first kappa shape index (κ1) is 13.0. The van der Waals surface area contributed by atoms with Crippen LogP contribution >= 0.6 is 0 Å². The number of nitrogens with two attached hydrogens (primary N) is 1. The van der Waals surface area contributed by atoms with E-state index in [9.17, 15) is 4.79 Å². The number of pyridine rings is 1. The fourth-order valence-corrected chi connectivity index (χ4v) is 1.57. The molecule has 2 aromatic rings. The summed E-state index contributed by atoms with van der Waals surface area (Å²) >= 11 is 0. The van der Waals surface area contributed by atoms with Crippen molar-refractivity contribution in [2.24, 2.45) is 5.73 Å². The van der Waals surface area contributed by atoms with Crippen molar-refractivity contribution in [2.45, 2.75) is 13.5 Å². The number of aromatic nitrogens is 1. The van der Waals surface area contributed by atoms with Crippen LogP contribution in [0, 0.1) is 0 Å². The standard InChI is InChI=1S/C14H15N3O2/c1-10(18)17-13-4-2-3-5-14(13)19-12-7-6-11(8-15)16-9-12/h2-7,9H,8,15H2,1H3,(H,17,18). The molecular weight excluding hydrogens is 242 g/mol. The number of benzene rings is 1. The Morgan fingerprint density at radius 2 is 2.11 bits per heavy atom. The lowest BCUT2D eigenvalue weighted by molar-refractivity contribution is -0.114. The average Bonchev–Trinajstić information content (AvgIpc) is 2.41. The Balaban J connectivity index is 2.19. The fourth-order valence-electron chi connectivity index (χ4n) is 1.57. The summed E-state index contributed by atoms with van der Waals surface area (Å²) in [4.78, 5) is 15.3. The van der Waals surface area contributed by atoms with Gasteiger partial charge in [0.2, 0.25) is 5.91 Å². The van der Waals surface area contributed by atoms with E-state index in [-0.39, 0.29) is 5.91 Å². The van der Waals surface area contributed by atoms with Gasteiger partial charge >= 0.3 is 0 Å². The van der Waals surface area contributed by atoms with Crippen LogP contribution in [-0.4, -0.2) is 10.9 Å². The number of rotatable bonds is 4. The predicted octanol–water partition coefficient (Wildman–Crippen LogP) is 2.29. The quantitative estimate of drug-likeness (QED) is 0.881. The highest BCUT2D eigenvalue weighted by molar-refractivity contribution is 5.90. The fraction of sp³-hybridized carbons (Fsp3) is 0.143. The zero-order valence-corrected chi connectivity index (χ0v) is 10.6. The molecule has 3 N–H and O–H groups in total. The zero-order chi connectivity index (χ0) is 13.7. The predicted molar refractivity (Wildman–Crippen MR) is 72.9 cm³/mol. The lowest BCUT2D eigenvalue weighted by Crippen LogP contribution is -2.06. The monoisotopic (exact) mass is 257 g/mol. The maximum atomic E-state index is 11.1. The van der Waals surface area contributed by atoms with Gasteiger partial charge < -0.3 is 15.8 Å². The number of nitrogens with zero attached hydrogens (tertiary/aromatic N) is 1. The third-order valence-electron chi connectivity index (χ3n) is 2.43. The van der Waals surface area contributed by atoms with E-state index < -0.39 is 0 Å². The van der Waals surface area contributed by atoms with Gasteiger partial charge in [-0.2, -0.15) is 0 Å². The molecule has 5 heteroatoms. The number of para-hydroxylation sites is 2. The Kier molecular flexibility index (Phi) is 4.10. The molecule has 5 nitrogen and oxygen atoms in total. The topological polar surface area (TPSA) is 77.2 Å². The van der Waals surface area contributed by atoms with Crippen LogP contribution in [0.4, 0.5) is 5.69 Å². The van der Waals surface area contributed by atoms with Gasteiger partial charge in [-0.15, -0.1) is 0 Å². The summed E-state index contributed by atoms with van der Waals surface area (Å²) < 4.78 is 5.69. The molecule has 1 aromatic heterocycles. The Morgan fingerprint density at radius 1 is 1.32 bits per heavy atom. The van der Waals surface area contributed by atoms with Crippen LogP contribution in [-0.2, 0) is 11.3 Å². The minimum atomic E-state index is -0.146. The molecule has 98 valence electrons. The van der Waals surface area contributed by atoms with Crippen LogP contribution in [0.5, 0.6) is 11.5 Å². The number of hydrogen-bond acceptors (Lipinski definition) is 4. The van der Waals surface area contributed by atoms with Crippen molar-refractivity contribution in [3.8, 4) is 11.5 Å². The summed E-state index contributed by atoms with van der Waals surface area (Å²) in [6.45, 7) is 1.84. The number of anilines is 1. The molecule has 0 fully saturated rings. The van der Waals surface area contributed by atoms with E-state index in [0.29, 0.717) is 23.7 Å². The molecule has 1 aromatic carbocycles. The van der Waals surface area contributed by atoms with Gasteiger partial charge in [0.05, 0.1) is 17.6 Å². The summed E-state index contributed by atoms with van der Waals surface area (Å²) in [6.07, 6.45) is 1.60. The van der Waals surface area contributed by atoms with Gasteiger partial charge in [0, 0.05) is 13.5 Å². The van der Waals surface area contributed by atoms with E-state index >= 15 is 0 Å². The maximum absolute atomic E-state index is 11.1. The third kappa shape index (κ3) is 3.53. The summed E-state index contributed by atoms with van der Waals surface area (Å²) in [5.74, 6) is 1.02. The van der Waals surface area contributed by atoms with Crippen molar-refractivity contribution in [3.05, 3.63) is 48.3 Å². The molecule has 0 aliphatic rings. The second-order valence-electron chi connectivity index (χ2n) is 3.97. The summed E-state index contributed by atoms with van der Waals surface area (Å²) in [7, 11) is 0. The highest BCUT2D eigenvalue weighted by Gasteiger charge is 2.05. The van der Waals surface area contributed by atoms with Crippen molar-refractivity contribution in [1.82, 2.24) is 4.98 Å². The minimum Gasteiger partial charge on any atom is -0.454 e. The van der Waals surface area contributed by atoms with Crippen LogP contribution in [0.15, 0.2) is 42.6 Å². The molecule has 0 saturated heterocycles. The number of nitrogens with one attached hydrogen (secondary N) is 1. The van der Waals surface area contributed by atoms with Gasteiger partial charge in [-0.25, -0.2) is 0 Å². The molecule has 0 saturated carbocycles. The van der Waals surface area contributed by atoms with Gasteiger partial charge in [0.25, 0.3) is 0 Å². The number of ether oxygens (including phenoxy) is 1. The lowest BCUT2D eigenvalue weighted by atomic mass is 10.3. The third-order valence-corrected chi connectivity index (χ3v) is 2.43. The van der Waals surface area contributed by atoms with Gasteiger partial charge in [-0.3, -0.25) is 9.78 Å². The van der Waals surface area contributed by atoms with Crippen LogP contribution < -0.4 is 15.8 Å². The first-order valence-electron chi connectivity index (χ1n) is 5.88. The van der Waals surface area contributed by atoms with Gasteiger partial charge in [0.1, 0.15) is 5.75 Å². The molecule has 0 bridgehead atoms. The first-order chi connectivity index (χ1) is 9.19. The summed E-state index contributed by atoms with van der Waals surface area (Å²) in [5, 5.41) is 2.71. The Hall–Kier alpha value is -2.40. The average molecular weight is 257 g/mol. The molecule has 0 spiro atoms. The number of carbonyl (C=O) groups is 1. The van der Waals surface area contributed by atoms with Crippen molar-refractivity contribution < 1.29 is 9.53 Å². The summed E-state index contributed by atoms with van der Waals surface area (Å²) in [6, 6.07) is 10.8. The molecule has 0 atom stereocenters. The van der Waals surface area contributed by atoms with Crippen molar-refractivity contribution >= 4 is 11.6 Å². The smallest absolute Gasteiger partial charge is 0.221 e. The summed E-state index contributed by atoms with van der Waals surface area (Å²) in [5.41, 5.74) is 6.90. The van der Waals surface area contributed by atoms with E-state index in [1.807, 2.05) is 12.1 Å². The van der Waals surface area contributed by atoms with Crippen molar-refractivity contribution in [1.29, 1.82) is 0 Å². The molecule has 0 aliphatic heterocycles. The molecule has 1 heterocycles. The Labute approximate surface area is 111 Å². The number of hydrogen-bond donors (Lipinski definition) is 2. The largest absolute Gasteiger partial charge is 0.454 e. The first-order valence-corrected chi connectivity index (χ1v) is 5.88. The van der Waals surface area contributed by atoms with Crippen LogP contribution in [0.2, 0.25) is 0 Å². The van der Waals surface area contributed by atoms with E-state index in [0.717, 1.165) is 5.69 Å². The van der Waals surface area contributed by atoms with Gasteiger partial charge in [0.15, 0.2) is 5.75 Å². The molecular formula is C14H15N3O2. The minimum absolute atomic E-state index is 0.146. The molecule has 0 aliphatic carbocycles. The molecule has 19 heavy (non-hydrogen) atoms. The second kappa shape index (κ2) is 5.97. The SMILES string of the molecule is CC(=O)Nc1ccccc1Oc1ccc(CN)nc1. The van der Waals surface area contributed by atoms with Gasteiger partial charge in [-0.1, -0.05) is 12.1 Å². The van der Waals surface area contributed by atoms with Crippen molar-refractivity contribution in [2.75, 3.05) is 5.32 Å². The number of amides is 1. The molecule has 2 rings (SSSR count). The molecule has 0 radical (unpaired) electrons. The highest BCUT2D eigenvalue weighted by Crippen LogP contribution is 2.28. The van der Waals surface area contributed by atoms with Crippen molar-refractivity contribution in [3.63, 3.8) is 0 Å². The van der Waals surface area contributed by atoms with E-state index in [2.05, 4.69) is 10.3 Å². The molecule has 0 unspecified atom stereocenters. The van der Waals surface area contributed by atoms with E-state index in [4.69, 9.17) is 10.5 Å². The maximum Gasteiger partial charge on any atom is 0.221 e. The second-order valence-corrected chi connectivity index (χ2v) is 3.97. The van der Waals surface area contributed by atoms with E-state index in [1.165, 1.54) is 6.92 Å². The lowest BCUT2D eigenvalue weighted by Gasteiger charge is -2.11. The van der Waals surface area contributed by atoms with Crippen LogP contribution in [0.25, 0.3) is 0 Å². The Morgan fingerprint density at radius 3 is 2.74 bits per heavy atom. The molecule has 1 amide bonds. The normalized spacial score (nSPS) is 10.0. The van der Waals surface area contributed by atoms with E-state index in [1.54, 1.807) is 30.5 Å². The van der Waals surface area contributed by atoms with Gasteiger partial charge in [-0.05, 0) is 24.3 Å². The van der Waals surface area contributed by atoms with Crippen LogP contribution in [0.3, 0.4) is 0 Å².